The molecule has 21 heavy (non-hydrogen) atoms. The van der Waals surface area contributed by atoms with Crippen LogP contribution in [0.15, 0.2) is 35.5 Å². The lowest BCUT2D eigenvalue weighted by atomic mass is 10.0. The summed E-state index contributed by atoms with van der Waals surface area (Å²) in [5.74, 6) is 0.115. The number of amides is 1. The van der Waals surface area contributed by atoms with Gasteiger partial charge in [-0.2, -0.15) is 0 Å². The molecule has 4 nitrogen and oxygen atoms in total. The summed E-state index contributed by atoms with van der Waals surface area (Å²) >= 11 is 0. The molecular formula is C17H22N2O2. The summed E-state index contributed by atoms with van der Waals surface area (Å²) in [4.78, 5) is 19.8. The first-order valence-corrected chi connectivity index (χ1v) is 7.87. The molecule has 3 rings (SSSR count). The topological polar surface area (TPSA) is 41.9 Å². The maximum Gasteiger partial charge on any atom is 0.266 e. The van der Waals surface area contributed by atoms with Crippen molar-refractivity contribution in [2.24, 2.45) is 5.16 Å². The quantitative estimate of drug-likeness (QED) is 0.857. The van der Waals surface area contributed by atoms with Crippen LogP contribution >= 0.6 is 0 Å². The van der Waals surface area contributed by atoms with Crippen molar-refractivity contribution in [3.05, 3.63) is 35.9 Å². The van der Waals surface area contributed by atoms with Gasteiger partial charge in [0.15, 0.2) is 0 Å². The summed E-state index contributed by atoms with van der Waals surface area (Å²) in [6.45, 7) is 1.74. The third-order valence-electron chi connectivity index (χ3n) is 4.17. The Morgan fingerprint density at radius 2 is 1.86 bits per heavy atom. The highest BCUT2D eigenvalue weighted by Gasteiger charge is 2.31. The molecule has 1 atom stereocenters. The molecule has 1 aromatic carbocycles. The Balaban J connectivity index is 1.54. The largest absolute Gasteiger partial charge is 0.382 e. The Bertz CT molecular complexity index is 505. The molecule has 4 heteroatoms. The lowest BCUT2D eigenvalue weighted by molar-refractivity contribution is -0.142. The fourth-order valence-electron chi connectivity index (χ4n) is 2.99. The maximum atomic E-state index is 12.5. The van der Waals surface area contributed by atoms with Gasteiger partial charge in [0.1, 0.15) is 0 Å². The second kappa shape index (κ2) is 6.74. The highest BCUT2D eigenvalue weighted by molar-refractivity contribution is 5.93. The highest BCUT2D eigenvalue weighted by Crippen LogP contribution is 2.18. The Morgan fingerprint density at radius 3 is 2.57 bits per heavy atom. The minimum absolute atomic E-state index is 0.115. The van der Waals surface area contributed by atoms with E-state index in [0.717, 1.165) is 38.1 Å². The van der Waals surface area contributed by atoms with Crippen molar-refractivity contribution in [3.8, 4) is 0 Å². The zero-order valence-corrected chi connectivity index (χ0v) is 12.3. The van der Waals surface area contributed by atoms with Crippen LogP contribution in [-0.2, 0) is 16.1 Å². The molecule has 1 saturated heterocycles. The lowest BCUT2D eigenvalue weighted by Crippen LogP contribution is -2.39. The summed E-state index contributed by atoms with van der Waals surface area (Å²) in [5, 5.41) is 4.12. The van der Waals surface area contributed by atoms with E-state index in [1.54, 1.807) is 0 Å². The highest BCUT2D eigenvalue weighted by atomic mass is 16.6. The lowest BCUT2D eigenvalue weighted by Gasteiger charge is -2.22. The van der Waals surface area contributed by atoms with E-state index in [4.69, 9.17) is 4.84 Å². The molecule has 0 N–H and O–H groups in total. The van der Waals surface area contributed by atoms with Gasteiger partial charge in [0.05, 0.1) is 5.71 Å². The van der Waals surface area contributed by atoms with Gasteiger partial charge in [-0.1, -0.05) is 48.3 Å². The van der Waals surface area contributed by atoms with E-state index in [1.807, 2.05) is 23.1 Å². The minimum Gasteiger partial charge on any atom is -0.382 e. The molecule has 2 heterocycles. The van der Waals surface area contributed by atoms with Crippen molar-refractivity contribution in [2.75, 3.05) is 13.1 Å². The van der Waals surface area contributed by atoms with Crippen molar-refractivity contribution in [2.45, 2.75) is 44.6 Å². The molecule has 112 valence electrons. The smallest absolute Gasteiger partial charge is 0.266 e. The van der Waals surface area contributed by atoms with E-state index in [9.17, 15) is 4.79 Å². The molecule has 2 aliphatic rings. The van der Waals surface area contributed by atoms with Gasteiger partial charge >= 0.3 is 0 Å². The second-order valence-corrected chi connectivity index (χ2v) is 5.86. The predicted molar refractivity (Wildman–Crippen MR) is 82.1 cm³/mol. The van der Waals surface area contributed by atoms with Crippen LogP contribution < -0.4 is 0 Å². The molecule has 0 spiro atoms. The average Bonchev–Trinajstić information content (AvgIpc) is 2.81. The predicted octanol–water partition coefficient (Wildman–Crippen LogP) is 2.78. The molecule has 0 saturated carbocycles. The fourth-order valence-corrected chi connectivity index (χ4v) is 2.99. The molecule has 2 aliphatic heterocycles. The van der Waals surface area contributed by atoms with Gasteiger partial charge in [0, 0.05) is 25.9 Å². The van der Waals surface area contributed by atoms with Gasteiger partial charge < -0.3 is 9.74 Å². The molecule has 0 aromatic heterocycles. The molecule has 0 radical (unpaired) electrons. The van der Waals surface area contributed by atoms with Crippen LogP contribution in [-0.4, -0.2) is 35.7 Å². The Labute approximate surface area is 125 Å². The van der Waals surface area contributed by atoms with Gasteiger partial charge in [0.25, 0.3) is 5.91 Å². The standard InChI is InChI=1S/C17H22N2O2/c20-17(19-10-6-1-2-7-11-19)16-13-15(18-21-16)12-14-8-4-3-5-9-14/h3-5,8-9,16H,1-2,6-7,10-13H2. The summed E-state index contributed by atoms with van der Waals surface area (Å²) < 4.78 is 0. The number of benzene rings is 1. The first-order valence-electron chi connectivity index (χ1n) is 7.87. The number of hydrogen-bond acceptors (Lipinski definition) is 3. The first kappa shape index (κ1) is 14.1. The molecule has 1 aromatic rings. The van der Waals surface area contributed by atoms with Crippen molar-refractivity contribution in [3.63, 3.8) is 0 Å². The van der Waals surface area contributed by atoms with Crippen molar-refractivity contribution < 1.29 is 9.63 Å². The average molecular weight is 286 g/mol. The van der Waals surface area contributed by atoms with Crippen LogP contribution in [0.3, 0.4) is 0 Å². The molecule has 0 bridgehead atoms. The Morgan fingerprint density at radius 1 is 1.14 bits per heavy atom. The number of carbonyl (C=O) groups is 1. The maximum absolute atomic E-state index is 12.5. The molecule has 1 amide bonds. The van der Waals surface area contributed by atoms with Crippen LogP contribution in [0.5, 0.6) is 0 Å². The van der Waals surface area contributed by atoms with Gasteiger partial charge in [-0.05, 0) is 18.4 Å². The van der Waals surface area contributed by atoms with Gasteiger partial charge in [0.2, 0.25) is 6.10 Å². The Hall–Kier alpha value is -1.84. The third-order valence-corrected chi connectivity index (χ3v) is 4.17. The zero-order chi connectivity index (χ0) is 14.5. The van der Waals surface area contributed by atoms with Crippen LogP contribution in [0.4, 0.5) is 0 Å². The second-order valence-electron chi connectivity index (χ2n) is 5.86. The summed E-state index contributed by atoms with van der Waals surface area (Å²) in [6.07, 6.45) is 5.67. The van der Waals surface area contributed by atoms with E-state index in [-0.39, 0.29) is 5.91 Å². The van der Waals surface area contributed by atoms with Gasteiger partial charge in [-0.3, -0.25) is 4.79 Å². The molecule has 1 unspecified atom stereocenters. The third kappa shape index (κ3) is 3.63. The van der Waals surface area contributed by atoms with Crippen LogP contribution in [0.25, 0.3) is 0 Å². The SMILES string of the molecule is O=C(C1CC(Cc2ccccc2)=NO1)N1CCCCCC1. The summed E-state index contributed by atoms with van der Waals surface area (Å²) in [7, 11) is 0. The van der Waals surface area contributed by atoms with Crippen molar-refractivity contribution in [1.29, 1.82) is 0 Å². The minimum atomic E-state index is -0.401. The summed E-state index contributed by atoms with van der Waals surface area (Å²) in [5.41, 5.74) is 2.18. The van der Waals surface area contributed by atoms with Gasteiger partial charge in [-0.25, -0.2) is 0 Å². The number of oxime groups is 1. The van der Waals surface area contributed by atoms with Crippen molar-refractivity contribution in [1.82, 2.24) is 4.90 Å². The van der Waals surface area contributed by atoms with Crippen LogP contribution in [0.1, 0.15) is 37.7 Å². The zero-order valence-electron chi connectivity index (χ0n) is 12.3. The molecule has 1 fully saturated rings. The number of nitrogens with zero attached hydrogens (tertiary/aromatic N) is 2. The van der Waals surface area contributed by atoms with E-state index < -0.39 is 6.10 Å². The number of carbonyl (C=O) groups excluding carboxylic acids is 1. The summed E-state index contributed by atoms with van der Waals surface area (Å²) in [6, 6.07) is 10.2. The van der Waals surface area contributed by atoms with Gasteiger partial charge in [-0.15, -0.1) is 0 Å². The van der Waals surface area contributed by atoms with E-state index in [2.05, 4.69) is 17.3 Å². The number of rotatable bonds is 3. The van der Waals surface area contributed by atoms with E-state index in [1.165, 1.54) is 18.4 Å². The van der Waals surface area contributed by atoms with Crippen molar-refractivity contribution >= 4 is 11.6 Å². The van der Waals surface area contributed by atoms with Crippen LogP contribution in [0, 0.1) is 0 Å². The number of hydrogen-bond donors (Lipinski definition) is 0. The van der Waals surface area contributed by atoms with E-state index >= 15 is 0 Å². The monoisotopic (exact) mass is 286 g/mol. The number of likely N-dealkylation sites (tertiary alicyclic amines) is 1. The first-order chi connectivity index (χ1) is 10.3. The normalized spacial score (nSPS) is 22.4. The molecule has 0 aliphatic carbocycles. The van der Waals surface area contributed by atoms with Crippen LogP contribution in [0.2, 0.25) is 0 Å². The van der Waals surface area contributed by atoms with E-state index in [0.29, 0.717) is 6.42 Å². The Kier molecular flexibility index (Phi) is 4.53. The molecular weight excluding hydrogens is 264 g/mol. The fraction of sp³-hybridized carbons (Fsp3) is 0.529.